The first-order valence-corrected chi connectivity index (χ1v) is 9.27. The second-order valence-electron chi connectivity index (χ2n) is 6.82. The number of likely N-dealkylation sites (tertiary alicyclic amines) is 1. The number of carbonyl (C=O) groups is 1. The van der Waals surface area contributed by atoms with Crippen LogP contribution < -0.4 is 10.6 Å². The Morgan fingerprint density at radius 3 is 2.75 bits per heavy atom. The monoisotopic (exact) mass is 335 g/mol. The average Bonchev–Trinajstić information content (AvgIpc) is 3.22. The molecule has 24 heavy (non-hydrogen) atoms. The maximum atomic E-state index is 12.2. The van der Waals surface area contributed by atoms with Crippen LogP contribution in [-0.4, -0.2) is 74.0 Å². The van der Waals surface area contributed by atoms with Gasteiger partial charge in [0.05, 0.1) is 6.04 Å². The van der Waals surface area contributed by atoms with Crippen LogP contribution in [0.3, 0.4) is 0 Å². The van der Waals surface area contributed by atoms with Crippen molar-refractivity contribution in [3.8, 4) is 0 Å². The number of likely N-dealkylation sites (N-methyl/N-ethyl adjacent to an activating group) is 1. The van der Waals surface area contributed by atoms with Crippen molar-refractivity contribution in [1.82, 2.24) is 20.4 Å². The number of aliphatic imine (C=N–C) groups is 1. The number of carbonyl (C=O) groups excluding carboxylic acids is 1. The number of nitrogens with zero attached hydrogens (tertiary/aromatic N) is 3. The number of hydrogen-bond acceptors (Lipinski definition) is 3. The first kappa shape index (κ1) is 18.8. The van der Waals surface area contributed by atoms with Crippen molar-refractivity contribution in [2.75, 3.05) is 40.3 Å². The molecule has 136 valence electrons. The molecular formula is C18H33N5O. The van der Waals surface area contributed by atoms with Crippen LogP contribution in [0, 0.1) is 0 Å². The second-order valence-corrected chi connectivity index (χ2v) is 6.82. The molecular weight excluding hydrogens is 302 g/mol. The van der Waals surface area contributed by atoms with Crippen LogP contribution in [-0.2, 0) is 4.79 Å². The Morgan fingerprint density at radius 1 is 1.33 bits per heavy atom. The van der Waals surface area contributed by atoms with Gasteiger partial charge in [0.25, 0.3) is 0 Å². The van der Waals surface area contributed by atoms with Crippen LogP contribution in [0.15, 0.2) is 17.1 Å². The first-order valence-electron chi connectivity index (χ1n) is 9.27. The fraction of sp³-hybridized carbons (Fsp3) is 0.778. The highest BCUT2D eigenvalue weighted by atomic mass is 16.2. The van der Waals surface area contributed by atoms with Crippen LogP contribution >= 0.6 is 0 Å². The van der Waals surface area contributed by atoms with Crippen molar-refractivity contribution in [2.45, 2.75) is 51.1 Å². The third kappa shape index (κ3) is 5.51. The molecule has 2 aliphatic rings. The fourth-order valence-corrected chi connectivity index (χ4v) is 3.38. The minimum Gasteiger partial charge on any atom is -0.357 e. The number of nitrogens with one attached hydrogen (secondary N) is 2. The Kier molecular flexibility index (Phi) is 7.56. The SMILES string of the molecule is CCNC(=NCCCN1CCCC1C(=O)N(C)C)NC1CC=CC1. The Morgan fingerprint density at radius 2 is 2.08 bits per heavy atom. The summed E-state index contributed by atoms with van der Waals surface area (Å²) in [5, 5.41) is 6.81. The highest BCUT2D eigenvalue weighted by Crippen LogP contribution is 2.18. The Labute approximate surface area is 146 Å². The fourth-order valence-electron chi connectivity index (χ4n) is 3.38. The second kappa shape index (κ2) is 9.67. The highest BCUT2D eigenvalue weighted by molar-refractivity contribution is 5.81. The van der Waals surface area contributed by atoms with Gasteiger partial charge >= 0.3 is 0 Å². The van der Waals surface area contributed by atoms with Crippen LogP contribution in [0.4, 0.5) is 0 Å². The topological polar surface area (TPSA) is 60.0 Å². The lowest BCUT2D eigenvalue weighted by Gasteiger charge is -2.25. The van der Waals surface area contributed by atoms with E-state index in [1.54, 1.807) is 4.90 Å². The zero-order valence-electron chi connectivity index (χ0n) is 15.4. The zero-order chi connectivity index (χ0) is 17.4. The van der Waals surface area contributed by atoms with Gasteiger partial charge in [-0.05, 0) is 45.6 Å². The molecule has 1 atom stereocenters. The average molecular weight is 335 g/mol. The molecule has 1 saturated heterocycles. The van der Waals surface area contributed by atoms with Crippen molar-refractivity contribution >= 4 is 11.9 Å². The van der Waals surface area contributed by atoms with Crippen LogP contribution in [0.2, 0.25) is 0 Å². The summed E-state index contributed by atoms with van der Waals surface area (Å²) in [5.74, 6) is 1.15. The molecule has 2 rings (SSSR count). The third-order valence-electron chi connectivity index (χ3n) is 4.66. The number of hydrogen-bond donors (Lipinski definition) is 2. The lowest BCUT2D eigenvalue weighted by atomic mass is 10.2. The van der Waals surface area contributed by atoms with Gasteiger partial charge in [0.2, 0.25) is 5.91 Å². The molecule has 1 amide bonds. The summed E-state index contributed by atoms with van der Waals surface area (Å²) in [7, 11) is 3.69. The summed E-state index contributed by atoms with van der Waals surface area (Å²) in [6.07, 6.45) is 9.67. The van der Waals surface area contributed by atoms with Gasteiger partial charge in [0, 0.05) is 39.8 Å². The summed E-state index contributed by atoms with van der Waals surface area (Å²) in [6.45, 7) is 5.72. The number of guanidine groups is 1. The molecule has 1 aliphatic heterocycles. The summed E-state index contributed by atoms with van der Waals surface area (Å²) in [5.41, 5.74) is 0. The van der Waals surface area contributed by atoms with Crippen LogP contribution in [0.1, 0.15) is 39.0 Å². The highest BCUT2D eigenvalue weighted by Gasteiger charge is 2.30. The van der Waals surface area contributed by atoms with E-state index in [1.807, 2.05) is 14.1 Å². The molecule has 0 aromatic rings. The van der Waals surface area contributed by atoms with E-state index in [0.29, 0.717) is 6.04 Å². The normalized spacial score (nSPS) is 22.1. The van der Waals surface area contributed by atoms with E-state index in [9.17, 15) is 4.79 Å². The molecule has 1 heterocycles. The van der Waals surface area contributed by atoms with Crippen molar-refractivity contribution in [3.05, 3.63) is 12.2 Å². The standard InChI is InChI=1S/C18H33N5O/c1-4-19-18(21-15-9-5-6-10-15)20-12-8-14-23-13-7-11-16(23)17(24)22(2)3/h5-6,15-16H,4,7-14H2,1-3H3,(H2,19,20,21). The van der Waals surface area contributed by atoms with Gasteiger partial charge in [-0.15, -0.1) is 0 Å². The van der Waals surface area contributed by atoms with Crippen molar-refractivity contribution in [3.63, 3.8) is 0 Å². The Balaban J connectivity index is 1.75. The molecule has 6 nitrogen and oxygen atoms in total. The van der Waals surface area contributed by atoms with E-state index < -0.39 is 0 Å². The lowest BCUT2D eigenvalue weighted by molar-refractivity contribution is -0.133. The molecule has 0 aromatic carbocycles. The molecule has 0 saturated carbocycles. The van der Waals surface area contributed by atoms with Gasteiger partial charge < -0.3 is 15.5 Å². The molecule has 0 aromatic heterocycles. The number of amides is 1. The molecule has 2 N–H and O–H groups in total. The van der Waals surface area contributed by atoms with Gasteiger partial charge in [-0.3, -0.25) is 14.7 Å². The predicted octanol–water partition coefficient (Wildman–Crippen LogP) is 1.20. The molecule has 1 unspecified atom stereocenters. The third-order valence-corrected chi connectivity index (χ3v) is 4.66. The Hall–Kier alpha value is -1.56. The van der Waals surface area contributed by atoms with Crippen molar-refractivity contribution in [1.29, 1.82) is 0 Å². The van der Waals surface area contributed by atoms with E-state index in [4.69, 9.17) is 0 Å². The van der Waals surface area contributed by atoms with Gasteiger partial charge in [-0.2, -0.15) is 0 Å². The minimum atomic E-state index is 0.0694. The Bertz CT molecular complexity index is 452. The largest absolute Gasteiger partial charge is 0.357 e. The predicted molar refractivity (Wildman–Crippen MR) is 99.2 cm³/mol. The van der Waals surface area contributed by atoms with E-state index in [-0.39, 0.29) is 11.9 Å². The maximum absolute atomic E-state index is 12.2. The number of rotatable bonds is 7. The molecule has 0 bridgehead atoms. The minimum absolute atomic E-state index is 0.0694. The molecule has 1 aliphatic carbocycles. The lowest BCUT2D eigenvalue weighted by Crippen LogP contribution is -2.43. The van der Waals surface area contributed by atoms with Crippen LogP contribution in [0.25, 0.3) is 0 Å². The van der Waals surface area contributed by atoms with Gasteiger partial charge in [0.15, 0.2) is 5.96 Å². The van der Waals surface area contributed by atoms with E-state index in [1.165, 1.54) is 0 Å². The summed E-state index contributed by atoms with van der Waals surface area (Å²) in [6, 6.07) is 0.545. The smallest absolute Gasteiger partial charge is 0.239 e. The maximum Gasteiger partial charge on any atom is 0.239 e. The van der Waals surface area contributed by atoms with Crippen molar-refractivity contribution in [2.24, 2.45) is 4.99 Å². The van der Waals surface area contributed by atoms with E-state index in [2.05, 4.69) is 39.6 Å². The zero-order valence-corrected chi connectivity index (χ0v) is 15.4. The summed E-state index contributed by atoms with van der Waals surface area (Å²) in [4.78, 5) is 20.9. The van der Waals surface area contributed by atoms with E-state index in [0.717, 1.165) is 64.2 Å². The quantitative estimate of drug-likeness (QED) is 0.318. The van der Waals surface area contributed by atoms with Gasteiger partial charge in [0.1, 0.15) is 0 Å². The molecule has 0 spiro atoms. The molecule has 0 radical (unpaired) electrons. The molecule has 1 fully saturated rings. The molecule has 6 heteroatoms. The van der Waals surface area contributed by atoms with Gasteiger partial charge in [-0.25, -0.2) is 0 Å². The van der Waals surface area contributed by atoms with E-state index >= 15 is 0 Å². The van der Waals surface area contributed by atoms with Gasteiger partial charge in [-0.1, -0.05) is 12.2 Å². The first-order chi connectivity index (χ1) is 11.6. The summed E-state index contributed by atoms with van der Waals surface area (Å²) >= 11 is 0. The van der Waals surface area contributed by atoms with Crippen LogP contribution in [0.5, 0.6) is 0 Å². The van der Waals surface area contributed by atoms with Crippen molar-refractivity contribution < 1.29 is 4.79 Å². The summed E-state index contributed by atoms with van der Waals surface area (Å²) < 4.78 is 0.